The molecule has 0 aliphatic carbocycles. The maximum Gasteiger partial charge on any atom is 0.139 e. The number of aryl methyl sites for hydroxylation is 2. The van der Waals surface area contributed by atoms with Crippen LogP contribution in [0.5, 0.6) is 0 Å². The SMILES string of the molecule is CCc1c(C)[nH]c(-c2cc(F)ccc2C)nc1=S. The molecule has 2 aromatic rings. The van der Waals surface area contributed by atoms with Gasteiger partial charge in [0.1, 0.15) is 16.3 Å². The summed E-state index contributed by atoms with van der Waals surface area (Å²) in [5.41, 5.74) is 3.77. The van der Waals surface area contributed by atoms with Gasteiger partial charge in [-0.15, -0.1) is 0 Å². The smallest absolute Gasteiger partial charge is 0.139 e. The van der Waals surface area contributed by atoms with Gasteiger partial charge in [0.2, 0.25) is 0 Å². The molecular formula is C14H15FN2S. The first-order valence-corrected chi connectivity index (χ1v) is 6.30. The van der Waals surface area contributed by atoms with E-state index in [-0.39, 0.29) is 5.82 Å². The average molecular weight is 262 g/mol. The Hall–Kier alpha value is -1.55. The monoisotopic (exact) mass is 262 g/mol. The minimum Gasteiger partial charge on any atom is -0.343 e. The lowest BCUT2D eigenvalue weighted by molar-refractivity contribution is 0.627. The van der Waals surface area contributed by atoms with Gasteiger partial charge in [-0.3, -0.25) is 0 Å². The third-order valence-corrected chi connectivity index (χ3v) is 3.38. The number of nitrogens with zero attached hydrogens (tertiary/aromatic N) is 1. The van der Waals surface area contributed by atoms with Crippen LogP contribution in [0.3, 0.4) is 0 Å². The molecule has 94 valence electrons. The van der Waals surface area contributed by atoms with E-state index in [1.54, 1.807) is 6.07 Å². The second-order valence-electron chi connectivity index (χ2n) is 4.31. The van der Waals surface area contributed by atoms with Crippen LogP contribution in [0.1, 0.15) is 23.7 Å². The summed E-state index contributed by atoms with van der Waals surface area (Å²) in [7, 11) is 0. The molecule has 4 heteroatoms. The Balaban J connectivity index is 2.65. The van der Waals surface area contributed by atoms with Gasteiger partial charge in [-0.1, -0.05) is 25.2 Å². The molecule has 0 unspecified atom stereocenters. The summed E-state index contributed by atoms with van der Waals surface area (Å²) in [4.78, 5) is 7.58. The predicted molar refractivity (Wildman–Crippen MR) is 73.7 cm³/mol. The summed E-state index contributed by atoms with van der Waals surface area (Å²) in [6.07, 6.45) is 0.844. The molecular weight excluding hydrogens is 247 g/mol. The molecule has 0 amide bonds. The number of benzene rings is 1. The minimum atomic E-state index is -0.270. The fourth-order valence-corrected chi connectivity index (χ4v) is 2.39. The maximum absolute atomic E-state index is 13.3. The lowest BCUT2D eigenvalue weighted by Gasteiger charge is -2.09. The van der Waals surface area contributed by atoms with Gasteiger partial charge in [0.15, 0.2) is 0 Å². The van der Waals surface area contributed by atoms with E-state index in [0.717, 1.165) is 28.8 Å². The zero-order chi connectivity index (χ0) is 13.3. The Morgan fingerprint density at radius 2 is 2.06 bits per heavy atom. The first kappa shape index (κ1) is 12.9. The van der Waals surface area contributed by atoms with Crippen LogP contribution < -0.4 is 0 Å². The number of hydrogen-bond acceptors (Lipinski definition) is 2. The highest BCUT2D eigenvalue weighted by Gasteiger charge is 2.09. The van der Waals surface area contributed by atoms with Gasteiger partial charge in [0.05, 0.1) is 0 Å². The lowest BCUT2D eigenvalue weighted by atomic mass is 10.1. The topological polar surface area (TPSA) is 28.7 Å². The van der Waals surface area contributed by atoms with Gasteiger partial charge in [0, 0.05) is 16.8 Å². The normalized spacial score (nSPS) is 10.7. The van der Waals surface area contributed by atoms with E-state index in [0.29, 0.717) is 10.5 Å². The third kappa shape index (κ3) is 2.34. The Morgan fingerprint density at radius 1 is 1.33 bits per heavy atom. The minimum absolute atomic E-state index is 0.270. The molecule has 0 spiro atoms. The summed E-state index contributed by atoms with van der Waals surface area (Å²) >= 11 is 5.28. The van der Waals surface area contributed by atoms with Gasteiger partial charge in [-0.05, 0) is 38.0 Å². The van der Waals surface area contributed by atoms with Crippen molar-refractivity contribution >= 4 is 12.2 Å². The van der Waals surface area contributed by atoms with Crippen molar-refractivity contribution in [3.63, 3.8) is 0 Å². The molecule has 0 saturated carbocycles. The van der Waals surface area contributed by atoms with E-state index in [2.05, 4.69) is 9.97 Å². The number of H-pyrrole nitrogens is 1. The van der Waals surface area contributed by atoms with E-state index in [9.17, 15) is 4.39 Å². The van der Waals surface area contributed by atoms with Crippen molar-refractivity contribution in [2.24, 2.45) is 0 Å². The molecule has 2 rings (SSSR count). The first-order chi connectivity index (χ1) is 8.52. The van der Waals surface area contributed by atoms with E-state index in [1.807, 2.05) is 20.8 Å². The number of aromatic nitrogens is 2. The zero-order valence-corrected chi connectivity index (χ0v) is 11.5. The van der Waals surface area contributed by atoms with Crippen LogP contribution in [0.25, 0.3) is 11.4 Å². The van der Waals surface area contributed by atoms with E-state index in [4.69, 9.17) is 12.2 Å². The molecule has 0 aliphatic heterocycles. The molecule has 18 heavy (non-hydrogen) atoms. The third-order valence-electron chi connectivity index (χ3n) is 3.04. The summed E-state index contributed by atoms with van der Waals surface area (Å²) in [5, 5.41) is 0. The molecule has 2 nitrogen and oxygen atoms in total. The fourth-order valence-electron chi connectivity index (χ4n) is 2.00. The quantitative estimate of drug-likeness (QED) is 0.825. The maximum atomic E-state index is 13.3. The molecule has 0 fully saturated rings. The summed E-state index contributed by atoms with van der Waals surface area (Å²) in [5.74, 6) is 0.362. The second-order valence-corrected chi connectivity index (χ2v) is 4.69. The molecule has 0 saturated heterocycles. The molecule has 1 aromatic heterocycles. The van der Waals surface area contributed by atoms with Crippen LogP contribution in [0.4, 0.5) is 4.39 Å². The average Bonchev–Trinajstić information content (AvgIpc) is 2.32. The molecule has 1 N–H and O–H groups in total. The highest BCUT2D eigenvalue weighted by atomic mass is 32.1. The van der Waals surface area contributed by atoms with Crippen molar-refractivity contribution in [2.45, 2.75) is 27.2 Å². The predicted octanol–water partition coefficient (Wildman–Crippen LogP) is 4.12. The molecule has 1 aromatic carbocycles. The largest absolute Gasteiger partial charge is 0.343 e. The van der Waals surface area contributed by atoms with Gasteiger partial charge in [0.25, 0.3) is 0 Å². The van der Waals surface area contributed by atoms with Crippen molar-refractivity contribution in [3.8, 4) is 11.4 Å². The number of rotatable bonds is 2. The van der Waals surface area contributed by atoms with Crippen molar-refractivity contribution in [2.75, 3.05) is 0 Å². The van der Waals surface area contributed by atoms with Crippen LogP contribution in [-0.4, -0.2) is 9.97 Å². The highest BCUT2D eigenvalue weighted by Crippen LogP contribution is 2.22. The molecule has 0 atom stereocenters. The van der Waals surface area contributed by atoms with Crippen molar-refractivity contribution in [1.82, 2.24) is 9.97 Å². The van der Waals surface area contributed by atoms with Crippen molar-refractivity contribution in [3.05, 3.63) is 45.5 Å². The van der Waals surface area contributed by atoms with Crippen LogP contribution >= 0.6 is 12.2 Å². The fraction of sp³-hybridized carbons (Fsp3) is 0.286. The number of hydrogen-bond donors (Lipinski definition) is 1. The molecule has 0 bridgehead atoms. The highest BCUT2D eigenvalue weighted by molar-refractivity contribution is 7.71. The Kier molecular flexibility index (Phi) is 3.57. The van der Waals surface area contributed by atoms with Crippen LogP contribution in [0, 0.1) is 24.3 Å². The van der Waals surface area contributed by atoms with Crippen LogP contribution in [0.15, 0.2) is 18.2 Å². The lowest BCUT2D eigenvalue weighted by Crippen LogP contribution is -2.00. The second kappa shape index (κ2) is 4.98. The van der Waals surface area contributed by atoms with Gasteiger partial charge in [-0.2, -0.15) is 0 Å². The van der Waals surface area contributed by atoms with Crippen molar-refractivity contribution in [1.29, 1.82) is 0 Å². The summed E-state index contributed by atoms with van der Waals surface area (Å²) in [6, 6.07) is 4.67. The Labute approximate surface area is 111 Å². The summed E-state index contributed by atoms with van der Waals surface area (Å²) in [6.45, 7) is 5.94. The summed E-state index contributed by atoms with van der Waals surface area (Å²) < 4.78 is 13.9. The van der Waals surface area contributed by atoms with Gasteiger partial charge >= 0.3 is 0 Å². The first-order valence-electron chi connectivity index (χ1n) is 5.89. The Morgan fingerprint density at radius 3 is 2.67 bits per heavy atom. The number of aromatic amines is 1. The molecule has 0 aliphatic rings. The zero-order valence-electron chi connectivity index (χ0n) is 10.7. The van der Waals surface area contributed by atoms with E-state index in [1.165, 1.54) is 12.1 Å². The number of halogens is 1. The van der Waals surface area contributed by atoms with Gasteiger partial charge in [-0.25, -0.2) is 9.37 Å². The Bertz CT molecular complexity index is 647. The standard InChI is InChI=1S/C14H15FN2S/c1-4-11-9(3)16-13(17-14(11)18)12-7-10(15)6-5-8(12)2/h5-7H,4H2,1-3H3,(H,16,17,18). The van der Waals surface area contributed by atoms with E-state index >= 15 is 0 Å². The molecule has 1 heterocycles. The molecule has 0 radical (unpaired) electrons. The van der Waals surface area contributed by atoms with E-state index < -0.39 is 0 Å². The van der Waals surface area contributed by atoms with Crippen LogP contribution in [-0.2, 0) is 6.42 Å². The van der Waals surface area contributed by atoms with Crippen LogP contribution in [0.2, 0.25) is 0 Å². The van der Waals surface area contributed by atoms with Crippen molar-refractivity contribution < 1.29 is 4.39 Å². The van der Waals surface area contributed by atoms with Gasteiger partial charge < -0.3 is 4.98 Å². The number of nitrogens with one attached hydrogen (secondary N) is 1.